The van der Waals surface area contributed by atoms with Crippen LogP contribution in [0.4, 0.5) is 8.78 Å². The zero-order valence-corrected chi connectivity index (χ0v) is 18.7. The molecule has 34 heavy (non-hydrogen) atoms. The van der Waals surface area contributed by atoms with Gasteiger partial charge in [0.25, 0.3) is 11.5 Å². The Morgan fingerprint density at radius 1 is 1.00 bits per heavy atom. The van der Waals surface area contributed by atoms with Crippen LogP contribution in [-0.4, -0.2) is 10.5 Å². The number of nitrogens with zero attached hydrogens (tertiary/aromatic N) is 1. The molecule has 1 aliphatic carbocycles. The number of rotatable bonds is 5. The topological polar surface area (TPSA) is 51.1 Å². The van der Waals surface area contributed by atoms with Gasteiger partial charge in [-0.3, -0.25) is 14.2 Å². The minimum Gasteiger partial charge on any atom is -0.345 e. The quantitative estimate of drug-likeness (QED) is 0.408. The Balaban J connectivity index is 1.67. The second-order valence-electron chi connectivity index (χ2n) is 8.80. The van der Waals surface area contributed by atoms with E-state index in [0.29, 0.717) is 16.9 Å². The molecule has 172 valence electrons. The maximum absolute atomic E-state index is 14.9. The van der Waals surface area contributed by atoms with Gasteiger partial charge in [0.15, 0.2) is 0 Å². The molecule has 0 spiro atoms. The number of benzene rings is 3. The summed E-state index contributed by atoms with van der Waals surface area (Å²) in [6.45, 7) is 1.69. The lowest BCUT2D eigenvalue weighted by atomic mass is 9.77. The van der Waals surface area contributed by atoms with Crippen LogP contribution in [0, 0.1) is 24.5 Å². The first-order valence-electron chi connectivity index (χ1n) is 11.4. The molecule has 6 heteroatoms. The smallest absolute Gasteiger partial charge is 0.266 e. The fraction of sp³-hybridized carbons (Fsp3) is 0.214. The molecular formula is C28H24F2N2O2. The van der Waals surface area contributed by atoms with Crippen molar-refractivity contribution in [2.75, 3.05) is 0 Å². The molecule has 0 aliphatic heterocycles. The summed E-state index contributed by atoms with van der Waals surface area (Å²) in [5.74, 6) is -1.27. The van der Waals surface area contributed by atoms with Gasteiger partial charge in [0, 0.05) is 16.8 Å². The lowest BCUT2D eigenvalue weighted by Crippen LogP contribution is -2.37. The third-order valence-corrected chi connectivity index (χ3v) is 6.75. The van der Waals surface area contributed by atoms with Crippen LogP contribution in [0.3, 0.4) is 0 Å². The van der Waals surface area contributed by atoms with Crippen molar-refractivity contribution in [1.82, 2.24) is 9.88 Å². The standard InChI is InChI=1S/C28H24F2N2O2/c1-17-24(27(33)31-26(18-8-5-9-18)19-10-6-11-20(29)16-19)22-14-7-15-23(30)25(22)28(34)32(17)21-12-3-2-4-13-21/h2-4,6-7,10-16,18,26H,5,8-9H2,1H3,(H,31,33)/t26-/m0/s1. The van der Waals surface area contributed by atoms with Crippen molar-refractivity contribution in [3.8, 4) is 5.69 Å². The summed E-state index contributed by atoms with van der Waals surface area (Å²) in [6.07, 6.45) is 2.91. The number of fused-ring (bicyclic) bond motifs is 1. The number of para-hydroxylation sites is 1. The number of amides is 1. The van der Waals surface area contributed by atoms with Crippen LogP contribution in [0.2, 0.25) is 0 Å². The summed E-state index contributed by atoms with van der Waals surface area (Å²) in [5, 5.41) is 3.22. The van der Waals surface area contributed by atoms with E-state index in [2.05, 4.69) is 5.32 Å². The monoisotopic (exact) mass is 458 g/mol. The van der Waals surface area contributed by atoms with Gasteiger partial charge in [0.05, 0.1) is 17.0 Å². The molecule has 0 saturated heterocycles. The first-order valence-corrected chi connectivity index (χ1v) is 11.4. The van der Waals surface area contributed by atoms with Gasteiger partial charge in [0.2, 0.25) is 0 Å². The molecule has 3 aromatic carbocycles. The maximum Gasteiger partial charge on any atom is 0.266 e. The van der Waals surface area contributed by atoms with E-state index in [4.69, 9.17) is 0 Å². The molecule has 0 unspecified atom stereocenters. The number of hydrogen-bond acceptors (Lipinski definition) is 2. The first kappa shape index (κ1) is 22.0. The van der Waals surface area contributed by atoms with Gasteiger partial charge in [0.1, 0.15) is 11.6 Å². The Kier molecular flexibility index (Phi) is 5.74. The van der Waals surface area contributed by atoms with Crippen molar-refractivity contribution >= 4 is 16.7 Å². The van der Waals surface area contributed by atoms with Gasteiger partial charge in [-0.25, -0.2) is 8.78 Å². The number of nitrogens with one attached hydrogen (secondary N) is 1. The van der Waals surface area contributed by atoms with E-state index in [1.807, 2.05) is 12.1 Å². The molecule has 1 aliphatic rings. The van der Waals surface area contributed by atoms with Crippen LogP contribution in [0.5, 0.6) is 0 Å². The Bertz CT molecular complexity index is 1440. The second-order valence-corrected chi connectivity index (χ2v) is 8.80. The number of pyridine rings is 1. The van der Waals surface area contributed by atoms with Crippen molar-refractivity contribution in [3.63, 3.8) is 0 Å². The number of carbonyl (C=O) groups excluding carboxylic acids is 1. The molecule has 0 bridgehead atoms. The average molecular weight is 459 g/mol. The normalized spacial score (nSPS) is 14.6. The third-order valence-electron chi connectivity index (χ3n) is 6.75. The highest BCUT2D eigenvalue weighted by Gasteiger charge is 2.32. The molecule has 0 radical (unpaired) electrons. The van der Waals surface area contributed by atoms with Gasteiger partial charge in [-0.2, -0.15) is 0 Å². The van der Waals surface area contributed by atoms with Crippen molar-refractivity contribution in [3.05, 3.63) is 112 Å². The van der Waals surface area contributed by atoms with Crippen molar-refractivity contribution in [2.45, 2.75) is 32.2 Å². The lowest BCUT2D eigenvalue weighted by Gasteiger charge is -2.35. The highest BCUT2D eigenvalue weighted by atomic mass is 19.1. The average Bonchev–Trinajstić information content (AvgIpc) is 2.78. The minimum atomic E-state index is -0.679. The van der Waals surface area contributed by atoms with Gasteiger partial charge in [-0.05, 0) is 61.6 Å². The Hall–Kier alpha value is -3.80. The molecule has 1 atom stereocenters. The summed E-state index contributed by atoms with van der Waals surface area (Å²) in [6, 6.07) is 19.1. The van der Waals surface area contributed by atoms with Gasteiger partial charge >= 0.3 is 0 Å². The molecule has 1 fully saturated rings. The molecule has 1 amide bonds. The van der Waals surface area contributed by atoms with E-state index in [9.17, 15) is 18.4 Å². The first-order chi connectivity index (χ1) is 16.5. The number of carbonyl (C=O) groups is 1. The van der Waals surface area contributed by atoms with Crippen molar-refractivity contribution in [1.29, 1.82) is 0 Å². The number of aromatic nitrogens is 1. The highest BCUT2D eigenvalue weighted by molar-refractivity contribution is 6.08. The van der Waals surface area contributed by atoms with E-state index in [1.165, 1.54) is 28.8 Å². The second kappa shape index (κ2) is 8.86. The van der Waals surface area contributed by atoms with Crippen molar-refractivity contribution in [2.24, 2.45) is 5.92 Å². The zero-order valence-electron chi connectivity index (χ0n) is 18.7. The van der Waals surface area contributed by atoms with Crippen LogP contribution in [0.15, 0.2) is 77.6 Å². The Morgan fingerprint density at radius 3 is 2.41 bits per heavy atom. The van der Waals surface area contributed by atoms with Crippen LogP contribution in [0.25, 0.3) is 16.5 Å². The van der Waals surface area contributed by atoms with Gasteiger partial charge in [-0.15, -0.1) is 0 Å². The SMILES string of the molecule is Cc1c(C(=O)N[C@H](c2cccc(F)c2)C2CCC2)c2cccc(F)c2c(=O)n1-c1ccccc1. The predicted octanol–water partition coefficient (Wildman–Crippen LogP) is 5.85. The predicted molar refractivity (Wildman–Crippen MR) is 128 cm³/mol. The van der Waals surface area contributed by atoms with E-state index in [1.54, 1.807) is 43.3 Å². The summed E-state index contributed by atoms with van der Waals surface area (Å²) in [7, 11) is 0. The molecule has 1 heterocycles. The van der Waals surface area contributed by atoms with Crippen molar-refractivity contribution < 1.29 is 13.6 Å². The fourth-order valence-corrected chi connectivity index (χ4v) is 4.86. The summed E-state index contributed by atoms with van der Waals surface area (Å²) in [5.41, 5.74) is 1.37. The van der Waals surface area contributed by atoms with E-state index >= 15 is 0 Å². The Labute approximate surface area is 195 Å². The maximum atomic E-state index is 14.9. The van der Waals surface area contributed by atoms with Crippen LogP contribution in [0.1, 0.15) is 46.9 Å². The van der Waals surface area contributed by atoms with Gasteiger partial charge in [-0.1, -0.05) is 48.9 Å². The molecule has 4 aromatic rings. The van der Waals surface area contributed by atoms with Crippen LogP contribution in [-0.2, 0) is 0 Å². The third kappa shape index (κ3) is 3.79. The van der Waals surface area contributed by atoms with Crippen LogP contribution < -0.4 is 10.9 Å². The Morgan fingerprint density at radius 2 is 1.74 bits per heavy atom. The van der Waals surface area contributed by atoms with Gasteiger partial charge < -0.3 is 5.32 Å². The molecule has 1 aromatic heterocycles. The zero-order chi connectivity index (χ0) is 23.8. The molecule has 5 rings (SSSR count). The largest absolute Gasteiger partial charge is 0.345 e. The number of hydrogen-bond donors (Lipinski definition) is 1. The summed E-state index contributed by atoms with van der Waals surface area (Å²) < 4.78 is 30.3. The molecule has 1 N–H and O–H groups in total. The van der Waals surface area contributed by atoms with E-state index < -0.39 is 17.3 Å². The molecular weight excluding hydrogens is 434 g/mol. The lowest BCUT2D eigenvalue weighted by molar-refractivity contribution is 0.0901. The van der Waals surface area contributed by atoms with E-state index in [0.717, 1.165) is 19.3 Å². The summed E-state index contributed by atoms with van der Waals surface area (Å²) in [4.78, 5) is 27.1. The van der Waals surface area contributed by atoms with Crippen LogP contribution >= 0.6 is 0 Å². The highest BCUT2D eigenvalue weighted by Crippen LogP contribution is 2.38. The molecule has 4 nitrogen and oxygen atoms in total. The number of halogens is 2. The van der Waals surface area contributed by atoms with E-state index in [-0.39, 0.29) is 34.1 Å². The fourth-order valence-electron chi connectivity index (χ4n) is 4.86. The summed E-state index contributed by atoms with van der Waals surface area (Å²) >= 11 is 0. The minimum absolute atomic E-state index is 0.131. The molecule has 1 saturated carbocycles.